The van der Waals surface area contributed by atoms with Gasteiger partial charge < -0.3 is 14.2 Å². The number of carbonyl (C=O) groups excluding carboxylic acids is 2. The highest BCUT2D eigenvalue weighted by Gasteiger charge is 2.41. The number of fused-ring (bicyclic) bond motifs is 1. The molecule has 0 spiro atoms. The van der Waals surface area contributed by atoms with E-state index < -0.39 is 12.0 Å². The second-order valence-corrected chi connectivity index (χ2v) is 9.50. The van der Waals surface area contributed by atoms with Gasteiger partial charge in [-0.1, -0.05) is 60.4 Å². The minimum Gasteiger partial charge on any atom is -0.467 e. The Morgan fingerprint density at radius 1 is 1.17 bits per heavy atom. The number of ether oxygens (including phenoxy) is 3. The maximum absolute atomic E-state index is 13.3. The predicted molar refractivity (Wildman–Crippen MR) is 137 cm³/mol. The van der Waals surface area contributed by atoms with Crippen molar-refractivity contribution in [3.8, 4) is 22.8 Å². The molecule has 9 heteroatoms. The molecule has 1 fully saturated rings. The lowest BCUT2D eigenvalue weighted by molar-refractivity contribution is -0.148. The van der Waals surface area contributed by atoms with Crippen molar-refractivity contribution in [1.82, 2.24) is 9.88 Å². The van der Waals surface area contributed by atoms with Crippen molar-refractivity contribution >= 4 is 46.3 Å². The zero-order valence-electron chi connectivity index (χ0n) is 18.7. The normalized spacial score (nSPS) is 16.6. The van der Waals surface area contributed by atoms with Crippen LogP contribution >= 0.6 is 24.0 Å². The molecule has 0 aliphatic carbocycles. The van der Waals surface area contributed by atoms with E-state index in [1.165, 1.54) is 12.0 Å². The van der Waals surface area contributed by atoms with Gasteiger partial charge in [-0.2, -0.15) is 0 Å². The topological polar surface area (TPSA) is 78.0 Å². The highest BCUT2D eigenvalue weighted by Crippen LogP contribution is 2.37. The summed E-state index contributed by atoms with van der Waals surface area (Å²) < 4.78 is 16.1. The number of carbonyl (C=O) groups is 2. The highest BCUT2D eigenvalue weighted by atomic mass is 32.2. The van der Waals surface area contributed by atoms with Gasteiger partial charge in [-0.05, 0) is 41.5 Å². The Kier molecular flexibility index (Phi) is 6.52. The van der Waals surface area contributed by atoms with Gasteiger partial charge in [0.1, 0.15) is 10.4 Å². The first kappa shape index (κ1) is 23.1. The molecular formula is C26H20N2O5S2. The third-order valence-corrected chi connectivity index (χ3v) is 6.96. The fourth-order valence-corrected chi connectivity index (χ4v) is 5.23. The van der Waals surface area contributed by atoms with Gasteiger partial charge in [-0.15, -0.1) is 0 Å². The van der Waals surface area contributed by atoms with Crippen LogP contribution in [0.15, 0.2) is 71.8 Å². The molecule has 1 aromatic heterocycles. The lowest BCUT2D eigenvalue weighted by Crippen LogP contribution is -2.45. The van der Waals surface area contributed by atoms with Crippen LogP contribution in [0.2, 0.25) is 0 Å². The van der Waals surface area contributed by atoms with Crippen LogP contribution < -0.4 is 9.47 Å². The van der Waals surface area contributed by atoms with E-state index in [-0.39, 0.29) is 12.7 Å². The average molecular weight is 505 g/mol. The number of thioether (sulfide) groups is 1. The molecule has 1 saturated heterocycles. The summed E-state index contributed by atoms with van der Waals surface area (Å²) >= 11 is 6.64. The number of methoxy groups -OCH3 is 1. The fourth-order valence-electron chi connectivity index (χ4n) is 3.87. The zero-order valence-corrected chi connectivity index (χ0v) is 20.3. The smallest absolute Gasteiger partial charge is 0.329 e. The molecule has 0 bridgehead atoms. The van der Waals surface area contributed by atoms with Crippen LogP contribution in [0, 0.1) is 0 Å². The van der Waals surface area contributed by atoms with Crippen LogP contribution in [0.4, 0.5) is 0 Å². The third-order valence-electron chi connectivity index (χ3n) is 5.63. The first-order valence-corrected chi connectivity index (χ1v) is 12.0. The molecule has 2 aromatic carbocycles. The standard InChI is InChI=1S/C26H20N2O5S2/c1-31-25(30)20(11-16-5-3-2-4-6-16)28-24(29)23(35-26(28)34)12-17-7-9-19(27-14-17)18-8-10-21-22(13-18)33-15-32-21/h2-10,12-14,20H,11,15H2,1H3. The number of aromatic nitrogens is 1. The maximum Gasteiger partial charge on any atom is 0.329 e. The monoisotopic (exact) mass is 504 g/mol. The Morgan fingerprint density at radius 2 is 1.97 bits per heavy atom. The van der Waals surface area contributed by atoms with Crippen LogP contribution in [0.5, 0.6) is 11.5 Å². The molecule has 2 aliphatic heterocycles. The predicted octanol–water partition coefficient (Wildman–Crippen LogP) is 4.46. The van der Waals surface area contributed by atoms with Gasteiger partial charge >= 0.3 is 5.97 Å². The number of amides is 1. The summed E-state index contributed by atoms with van der Waals surface area (Å²) in [5, 5.41) is 0. The summed E-state index contributed by atoms with van der Waals surface area (Å²) in [5.41, 5.74) is 3.31. The van der Waals surface area contributed by atoms with Crippen LogP contribution in [0.25, 0.3) is 17.3 Å². The van der Waals surface area contributed by atoms with Gasteiger partial charge in [0, 0.05) is 18.2 Å². The number of benzene rings is 2. The summed E-state index contributed by atoms with van der Waals surface area (Å²) in [5.74, 6) is 0.560. The molecule has 0 saturated carbocycles. The summed E-state index contributed by atoms with van der Waals surface area (Å²) in [6.45, 7) is 0.214. The molecule has 3 aromatic rings. The Hall–Kier alpha value is -3.69. The molecule has 3 heterocycles. The summed E-state index contributed by atoms with van der Waals surface area (Å²) in [4.78, 5) is 32.1. The summed E-state index contributed by atoms with van der Waals surface area (Å²) in [6, 6.07) is 18.0. The van der Waals surface area contributed by atoms with Crippen molar-refractivity contribution in [1.29, 1.82) is 0 Å². The average Bonchev–Trinajstić information content (AvgIpc) is 3.46. The van der Waals surface area contributed by atoms with Crippen molar-refractivity contribution in [2.75, 3.05) is 13.9 Å². The minimum absolute atomic E-state index is 0.214. The Balaban J connectivity index is 1.36. The van der Waals surface area contributed by atoms with E-state index in [1.54, 1.807) is 12.3 Å². The molecule has 35 heavy (non-hydrogen) atoms. The molecule has 0 N–H and O–H groups in total. The Bertz CT molecular complexity index is 1330. The molecular weight excluding hydrogens is 484 g/mol. The van der Waals surface area contributed by atoms with Crippen LogP contribution in [-0.4, -0.2) is 46.0 Å². The number of hydrogen-bond acceptors (Lipinski definition) is 8. The number of rotatable bonds is 6. The molecule has 7 nitrogen and oxygen atoms in total. The maximum atomic E-state index is 13.3. The van der Waals surface area contributed by atoms with E-state index in [9.17, 15) is 9.59 Å². The molecule has 5 rings (SSSR count). The van der Waals surface area contributed by atoms with Gasteiger partial charge in [0.15, 0.2) is 11.5 Å². The number of esters is 1. The minimum atomic E-state index is -0.840. The molecule has 1 amide bonds. The summed E-state index contributed by atoms with van der Waals surface area (Å²) in [7, 11) is 1.31. The number of thiocarbonyl (C=S) groups is 1. The van der Waals surface area contributed by atoms with E-state index in [1.807, 2.05) is 60.7 Å². The Morgan fingerprint density at radius 3 is 2.71 bits per heavy atom. The quantitative estimate of drug-likeness (QED) is 0.277. The van der Waals surface area contributed by atoms with E-state index in [2.05, 4.69) is 4.98 Å². The lowest BCUT2D eigenvalue weighted by atomic mass is 10.0. The van der Waals surface area contributed by atoms with Gasteiger partial charge in [0.05, 0.1) is 17.7 Å². The van der Waals surface area contributed by atoms with Crippen molar-refractivity contribution < 1.29 is 23.8 Å². The zero-order chi connectivity index (χ0) is 24.4. The second kappa shape index (κ2) is 9.89. The molecule has 2 aliphatic rings. The first-order valence-electron chi connectivity index (χ1n) is 10.8. The number of nitrogens with zero attached hydrogens (tertiary/aromatic N) is 2. The SMILES string of the molecule is COC(=O)C(Cc1ccccc1)N1C(=O)C(=Cc2ccc(-c3ccc4c(c3)OCO4)nc2)SC1=S. The largest absolute Gasteiger partial charge is 0.467 e. The molecule has 176 valence electrons. The lowest BCUT2D eigenvalue weighted by Gasteiger charge is -2.24. The van der Waals surface area contributed by atoms with E-state index in [0.29, 0.717) is 27.1 Å². The fraction of sp³-hybridized carbons (Fsp3) is 0.154. The van der Waals surface area contributed by atoms with E-state index in [4.69, 9.17) is 26.4 Å². The third kappa shape index (κ3) is 4.78. The van der Waals surface area contributed by atoms with Crippen molar-refractivity contribution in [2.24, 2.45) is 0 Å². The van der Waals surface area contributed by atoms with Gasteiger partial charge in [0.25, 0.3) is 5.91 Å². The van der Waals surface area contributed by atoms with E-state index in [0.717, 1.165) is 34.1 Å². The molecule has 1 unspecified atom stereocenters. The van der Waals surface area contributed by atoms with Crippen LogP contribution in [0.1, 0.15) is 11.1 Å². The van der Waals surface area contributed by atoms with Crippen molar-refractivity contribution in [3.63, 3.8) is 0 Å². The first-order chi connectivity index (χ1) is 17.0. The summed E-state index contributed by atoms with van der Waals surface area (Å²) in [6.07, 6.45) is 3.72. The second-order valence-electron chi connectivity index (χ2n) is 7.83. The number of pyridine rings is 1. The van der Waals surface area contributed by atoms with Gasteiger partial charge in [-0.3, -0.25) is 14.7 Å². The van der Waals surface area contributed by atoms with E-state index >= 15 is 0 Å². The molecule has 1 atom stereocenters. The van der Waals surface area contributed by atoms with Crippen molar-refractivity contribution in [3.05, 3.63) is 82.9 Å². The van der Waals surface area contributed by atoms with Gasteiger partial charge in [0.2, 0.25) is 6.79 Å². The van der Waals surface area contributed by atoms with Crippen LogP contribution in [-0.2, 0) is 20.7 Å². The van der Waals surface area contributed by atoms with Crippen LogP contribution in [0.3, 0.4) is 0 Å². The van der Waals surface area contributed by atoms with Crippen molar-refractivity contribution in [2.45, 2.75) is 12.5 Å². The van der Waals surface area contributed by atoms with Gasteiger partial charge in [-0.25, -0.2) is 4.79 Å². The Labute approximate surface area is 211 Å². The molecule has 0 radical (unpaired) electrons. The highest BCUT2D eigenvalue weighted by molar-refractivity contribution is 8.26. The number of hydrogen-bond donors (Lipinski definition) is 0.